The monoisotopic (exact) mass is 440 g/mol. The number of rotatable bonds is 5. The van der Waals surface area contributed by atoms with E-state index in [1.54, 1.807) is 23.0 Å². The van der Waals surface area contributed by atoms with E-state index in [1.807, 2.05) is 24.3 Å². The van der Waals surface area contributed by atoms with E-state index in [0.29, 0.717) is 17.3 Å². The van der Waals surface area contributed by atoms with Crippen LogP contribution in [0.1, 0.15) is 25.3 Å². The Kier molecular flexibility index (Phi) is 5.56. The second-order valence-corrected chi connectivity index (χ2v) is 7.39. The van der Waals surface area contributed by atoms with Crippen LogP contribution in [0.2, 0.25) is 0 Å². The predicted molar refractivity (Wildman–Crippen MR) is 113 cm³/mol. The lowest BCUT2D eigenvalue weighted by molar-refractivity contribution is -0.274. The maximum Gasteiger partial charge on any atom is 0.573 e. The van der Waals surface area contributed by atoms with Gasteiger partial charge in [0, 0.05) is 18.3 Å². The summed E-state index contributed by atoms with van der Waals surface area (Å²) in [5.74, 6) is -0.00597. The Hall–Kier alpha value is -3.88. The molecular weight excluding hydrogens is 421 g/mol. The van der Waals surface area contributed by atoms with Crippen molar-refractivity contribution < 1.29 is 17.9 Å². The molecule has 9 heteroatoms. The molecule has 6 nitrogen and oxygen atoms in total. The first-order chi connectivity index (χ1) is 15.2. The zero-order valence-electron chi connectivity index (χ0n) is 17.2. The number of nitrogens with zero attached hydrogens (tertiary/aromatic N) is 4. The molecular formula is C23H19F3N4O2. The fraction of sp³-hybridized carbons (Fsp3) is 0.174. The van der Waals surface area contributed by atoms with Gasteiger partial charge in [0.1, 0.15) is 5.75 Å². The molecule has 0 amide bonds. The SMILES string of the molecule is CC(C)c1ccc(-n2nccc2-c2nn(-c3cccc(OC(F)(F)F)c3)ccc2=O)cc1. The Labute approximate surface area is 181 Å². The highest BCUT2D eigenvalue weighted by Gasteiger charge is 2.31. The topological polar surface area (TPSA) is 61.9 Å². The maximum atomic E-state index is 12.6. The lowest BCUT2D eigenvalue weighted by Gasteiger charge is -2.12. The molecule has 32 heavy (non-hydrogen) atoms. The molecule has 0 aliphatic heterocycles. The van der Waals surface area contributed by atoms with Crippen molar-refractivity contribution in [3.05, 3.63) is 88.8 Å². The molecule has 0 fully saturated rings. The molecule has 0 spiro atoms. The number of halogens is 3. The van der Waals surface area contributed by atoms with Gasteiger partial charge in [-0.2, -0.15) is 10.2 Å². The lowest BCUT2D eigenvalue weighted by Crippen LogP contribution is -2.17. The molecule has 2 heterocycles. The van der Waals surface area contributed by atoms with E-state index in [1.165, 1.54) is 40.7 Å². The molecule has 0 atom stereocenters. The van der Waals surface area contributed by atoms with E-state index in [2.05, 4.69) is 28.8 Å². The van der Waals surface area contributed by atoms with Gasteiger partial charge in [0.05, 0.1) is 23.3 Å². The normalized spacial score (nSPS) is 11.7. The minimum atomic E-state index is -4.81. The number of benzene rings is 2. The van der Waals surface area contributed by atoms with E-state index >= 15 is 0 Å². The van der Waals surface area contributed by atoms with Crippen LogP contribution in [0.25, 0.3) is 22.8 Å². The quantitative estimate of drug-likeness (QED) is 0.433. The summed E-state index contributed by atoms with van der Waals surface area (Å²) in [6.45, 7) is 4.19. The van der Waals surface area contributed by atoms with Gasteiger partial charge >= 0.3 is 6.36 Å². The van der Waals surface area contributed by atoms with Crippen LogP contribution in [0.5, 0.6) is 5.75 Å². The first-order valence-electron chi connectivity index (χ1n) is 9.82. The van der Waals surface area contributed by atoms with Gasteiger partial charge in [0.2, 0.25) is 5.43 Å². The second kappa shape index (κ2) is 8.33. The van der Waals surface area contributed by atoms with Crippen LogP contribution in [-0.4, -0.2) is 25.9 Å². The van der Waals surface area contributed by atoms with Crippen LogP contribution in [0, 0.1) is 0 Å². The van der Waals surface area contributed by atoms with Gasteiger partial charge in [-0.3, -0.25) is 4.79 Å². The van der Waals surface area contributed by atoms with Gasteiger partial charge in [-0.15, -0.1) is 13.2 Å². The maximum absolute atomic E-state index is 12.6. The highest BCUT2D eigenvalue weighted by molar-refractivity contribution is 5.57. The van der Waals surface area contributed by atoms with Crippen LogP contribution in [0.4, 0.5) is 13.2 Å². The Morgan fingerprint density at radius 2 is 1.72 bits per heavy atom. The summed E-state index contributed by atoms with van der Waals surface area (Å²) in [7, 11) is 0. The third-order valence-electron chi connectivity index (χ3n) is 4.81. The Balaban J connectivity index is 1.73. The van der Waals surface area contributed by atoms with Crippen molar-refractivity contribution in [1.82, 2.24) is 19.6 Å². The van der Waals surface area contributed by atoms with Crippen LogP contribution in [-0.2, 0) is 0 Å². The summed E-state index contributed by atoms with van der Waals surface area (Å²) in [5, 5.41) is 8.68. The highest BCUT2D eigenvalue weighted by Crippen LogP contribution is 2.25. The first kappa shape index (κ1) is 21.4. The number of alkyl halides is 3. The van der Waals surface area contributed by atoms with Crippen LogP contribution < -0.4 is 10.2 Å². The van der Waals surface area contributed by atoms with Crippen molar-refractivity contribution in [2.24, 2.45) is 0 Å². The Morgan fingerprint density at radius 1 is 0.969 bits per heavy atom. The third-order valence-corrected chi connectivity index (χ3v) is 4.81. The number of hydrogen-bond donors (Lipinski definition) is 0. The zero-order chi connectivity index (χ0) is 22.9. The standard InChI is InChI=1S/C23H19F3N4O2/c1-15(2)16-6-8-17(9-7-16)30-20(10-12-27-30)22-21(31)11-13-29(28-22)18-4-3-5-19(14-18)32-23(24,25)26/h3-15H,1-2H3. The molecule has 4 aromatic rings. The van der Waals surface area contributed by atoms with E-state index in [9.17, 15) is 18.0 Å². The van der Waals surface area contributed by atoms with Crippen molar-refractivity contribution in [2.75, 3.05) is 0 Å². The third kappa shape index (κ3) is 4.56. The van der Waals surface area contributed by atoms with Crippen LogP contribution in [0.15, 0.2) is 77.9 Å². The van der Waals surface area contributed by atoms with Crippen molar-refractivity contribution in [3.8, 4) is 28.5 Å². The Bertz CT molecular complexity index is 1290. The van der Waals surface area contributed by atoms with Gasteiger partial charge in [0.25, 0.3) is 0 Å². The molecule has 0 radical (unpaired) electrons. The highest BCUT2D eigenvalue weighted by atomic mass is 19.4. The largest absolute Gasteiger partial charge is 0.573 e. The average molecular weight is 440 g/mol. The molecule has 0 unspecified atom stereocenters. The first-order valence-corrected chi connectivity index (χ1v) is 9.82. The molecule has 164 valence electrons. The van der Waals surface area contributed by atoms with Gasteiger partial charge in [-0.1, -0.05) is 32.0 Å². The van der Waals surface area contributed by atoms with E-state index in [-0.39, 0.29) is 16.9 Å². The van der Waals surface area contributed by atoms with E-state index in [0.717, 1.165) is 5.69 Å². The molecule has 0 saturated heterocycles. The number of aromatic nitrogens is 4. The number of ether oxygens (including phenoxy) is 1. The van der Waals surface area contributed by atoms with Crippen molar-refractivity contribution in [1.29, 1.82) is 0 Å². The molecule has 0 bridgehead atoms. The summed E-state index contributed by atoms with van der Waals surface area (Å²) in [4.78, 5) is 12.6. The Morgan fingerprint density at radius 3 is 2.41 bits per heavy atom. The summed E-state index contributed by atoms with van der Waals surface area (Å²) in [5.41, 5.74) is 2.46. The van der Waals surface area contributed by atoms with Gasteiger partial charge in [-0.05, 0) is 41.8 Å². The van der Waals surface area contributed by atoms with Gasteiger partial charge in [-0.25, -0.2) is 9.36 Å². The van der Waals surface area contributed by atoms with Crippen LogP contribution >= 0.6 is 0 Å². The lowest BCUT2D eigenvalue weighted by atomic mass is 10.0. The van der Waals surface area contributed by atoms with E-state index < -0.39 is 6.36 Å². The van der Waals surface area contributed by atoms with Gasteiger partial charge in [0.15, 0.2) is 5.69 Å². The summed E-state index contributed by atoms with van der Waals surface area (Å²) in [6.07, 6.45) is -1.86. The fourth-order valence-electron chi connectivity index (χ4n) is 3.24. The molecule has 0 aliphatic carbocycles. The predicted octanol–water partition coefficient (Wildman–Crippen LogP) is 5.11. The minimum Gasteiger partial charge on any atom is -0.406 e. The van der Waals surface area contributed by atoms with Gasteiger partial charge < -0.3 is 4.74 Å². The summed E-state index contributed by atoms with van der Waals surface area (Å²) < 4.78 is 44.6. The van der Waals surface area contributed by atoms with Crippen molar-refractivity contribution >= 4 is 0 Å². The zero-order valence-corrected chi connectivity index (χ0v) is 17.2. The molecule has 4 rings (SSSR count). The molecule has 2 aromatic heterocycles. The summed E-state index contributed by atoms with van der Waals surface area (Å²) in [6, 6.07) is 16.1. The van der Waals surface area contributed by atoms with E-state index in [4.69, 9.17) is 0 Å². The molecule has 0 N–H and O–H groups in total. The summed E-state index contributed by atoms with van der Waals surface area (Å²) >= 11 is 0. The smallest absolute Gasteiger partial charge is 0.406 e. The van der Waals surface area contributed by atoms with Crippen molar-refractivity contribution in [3.63, 3.8) is 0 Å². The molecule has 0 saturated carbocycles. The molecule has 2 aromatic carbocycles. The second-order valence-electron chi connectivity index (χ2n) is 7.39. The van der Waals surface area contributed by atoms with Crippen LogP contribution in [0.3, 0.4) is 0 Å². The minimum absolute atomic E-state index is 0.111. The number of hydrogen-bond acceptors (Lipinski definition) is 4. The fourth-order valence-corrected chi connectivity index (χ4v) is 3.24. The van der Waals surface area contributed by atoms with Crippen molar-refractivity contribution in [2.45, 2.75) is 26.1 Å². The molecule has 0 aliphatic rings. The average Bonchev–Trinajstić information content (AvgIpc) is 3.23.